The average Bonchev–Trinajstić information content (AvgIpc) is 2.55. The van der Waals surface area contributed by atoms with Gasteiger partial charge in [-0.1, -0.05) is 0 Å². The van der Waals surface area contributed by atoms with E-state index in [2.05, 4.69) is 5.32 Å². The molecule has 1 unspecified atom stereocenters. The number of aliphatic hydroxyl groups excluding tert-OH is 1. The molecule has 0 aromatic heterocycles. The molecule has 1 atom stereocenters. The Balaban J connectivity index is 2.43. The van der Waals surface area contributed by atoms with E-state index in [4.69, 9.17) is 10.2 Å². The van der Waals surface area contributed by atoms with Crippen molar-refractivity contribution in [3.8, 4) is 0 Å². The number of rotatable bonds is 5. The SMILES string of the molecule is O=C(O)C1(CCCCO)CCCN1. The number of carboxylic acids is 1. The van der Waals surface area contributed by atoms with E-state index >= 15 is 0 Å². The van der Waals surface area contributed by atoms with Crippen LogP contribution in [0.5, 0.6) is 0 Å². The highest BCUT2D eigenvalue weighted by molar-refractivity contribution is 5.79. The molecular weight excluding hydrogens is 170 g/mol. The van der Waals surface area contributed by atoms with E-state index in [1.54, 1.807) is 0 Å². The van der Waals surface area contributed by atoms with Crippen LogP contribution in [0.4, 0.5) is 0 Å². The van der Waals surface area contributed by atoms with E-state index < -0.39 is 11.5 Å². The van der Waals surface area contributed by atoms with E-state index in [1.165, 1.54) is 0 Å². The lowest BCUT2D eigenvalue weighted by Gasteiger charge is -2.24. The number of hydrogen-bond acceptors (Lipinski definition) is 3. The van der Waals surface area contributed by atoms with Crippen LogP contribution in [0.2, 0.25) is 0 Å². The maximum Gasteiger partial charge on any atom is 0.323 e. The van der Waals surface area contributed by atoms with Crippen LogP contribution in [0.1, 0.15) is 32.1 Å². The van der Waals surface area contributed by atoms with Crippen molar-refractivity contribution in [1.29, 1.82) is 0 Å². The summed E-state index contributed by atoms with van der Waals surface area (Å²) in [5.74, 6) is -0.747. The van der Waals surface area contributed by atoms with E-state index in [0.29, 0.717) is 19.3 Å². The molecule has 1 aliphatic heterocycles. The highest BCUT2D eigenvalue weighted by atomic mass is 16.4. The predicted molar refractivity (Wildman–Crippen MR) is 48.5 cm³/mol. The summed E-state index contributed by atoms with van der Waals surface area (Å²) in [4.78, 5) is 11.0. The highest BCUT2D eigenvalue weighted by Gasteiger charge is 2.40. The van der Waals surface area contributed by atoms with Gasteiger partial charge in [0.1, 0.15) is 5.54 Å². The lowest BCUT2D eigenvalue weighted by atomic mass is 9.91. The van der Waals surface area contributed by atoms with Crippen LogP contribution in [-0.2, 0) is 4.79 Å². The molecule has 1 rings (SSSR count). The third-order valence-corrected chi connectivity index (χ3v) is 2.66. The molecule has 1 fully saturated rings. The molecule has 0 aliphatic carbocycles. The minimum atomic E-state index is -0.747. The van der Waals surface area contributed by atoms with Crippen LogP contribution in [-0.4, -0.2) is 34.9 Å². The Morgan fingerprint density at radius 1 is 1.46 bits per heavy atom. The van der Waals surface area contributed by atoms with Crippen molar-refractivity contribution in [1.82, 2.24) is 5.32 Å². The third kappa shape index (κ3) is 2.42. The van der Waals surface area contributed by atoms with Crippen LogP contribution in [0.15, 0.2) is 0 Å². The van der Waals surface area contributed by atoms with Gasteiger partial charge in [0.25, 0.3) is 0 Å². The van der Waals surface area contributed by atoms with Gasteiger partial charge in [-0.2, -0.15) is 0 Å². The molecule has 3 N–H and O–H groups in total. The van der Waals surface area contributed by atoms with E-state index in [1.807, 2.05) is 0 Å². The van der Waals surface area contributed by atoms with Gasteiger partial charge >= 0.3 is 5.97 Å². The van der Waals surface area contributed by atoms with Crippen LogP contribution in [0.3, 0.4) is 0 Å². The van der Waals surface area contributed by atoms with E-state index in [0.717, 1.165) is 19.4 Å². The molecule has 0 aromatic carbocycles. The molecule has 0 saturated carbocycles. The van der Waals surface area contributed by atoms with Crippen molar-refractivity contribution >= 4 is 5.97 Å². The second-order valence-corrected chi connectivity index (χ2v) is 3.60. The van der Waals surface area contributed by atoms with Crippen molar-refractivity contribution in [2.75, 3.05) is 13.2 Å². The van der Waals surface area contributed by atoms with Crippen LogP contribution >= 0.6 is 0 Å². The van der Waals surface area contributed by atoms with Gasteiger partial charge in [0.05, 0.1) is 0 Å². The first kappa shape index (κ1) is 10.5. The van der Waals surface area contributed by atoms with Gasteiger partial charge in [-0.05, 0) is 38.6 Å². The molecule has 4 heteroatoms. The van der Waals surface area contributed by atoms with Crippen molar-refractivity contribution in [2.24, 2.45) is 0 Å². The lowest BCUT2D eigenvalue weighted by Crippen LogP contribution is -2.47. The quantitative estimate of drug-likeness (QED) is 0.543. The third-order valence-electron chi connectivity index (χ3n) is 2.66. The van der Waals surface area contributed by atoms with Gasteiger partial charge in [-0.25, -0.2) is 0 Å². The van der Waals surface area contributed by atoms with Gasteiger partial charge in [0.2, 0.25) is 0 Å². The van der Waals surface area contributed by atoms with Gasteiger partial charge < -0.3 is 15.5 Å². The number of aliphatic hydroxyl groups is 1. The Morgan fingerprint density at radius 2 is 2.23 bits per heavy atom. The average molecular weight is 187 g/mol. The first-order valence-electron chi connectivity index (χ1n) is 4.80. The zero-order valence-electron chi connectivity index (χ0n) is 7.75. The van der Waals surface area contributed by atoms with Gasteiger partial charge in [0.15, 0.2) is 0 Å². The zero-order valence-corrected chi connectivity index (χ0v) is 7.75. The van der Waals surface area contributed by atoms with Crippen molar-refractivity contribution in [3.05, 3.63) is 0 Å². The Hall–Kier alpha value is -0.610. The number of carbonyl (C=O) groups is 1. The summed E-state index contributed by atoms with van der Waals surface area (Å²) in [6.07, 6.45) is 3.74. The van der Waals surface area contributed by atoms with Crippen LogP contribution in [0.25, 0.3) is 0 Å². The molecule has 4 nitrogen and oxygen atoms in total. The molecule has 0 amide bonds. The zero-order chi connectivity index (χ0) is 9.73. The minimum absolute atomic E-state index is 0.149. The second kappa shape index (κ2) is 4.58. The fraction of sp³-hybridized carbons (Fsp3) is 0.889. The predicted octanol–water partition coefficient (Wildman–Crippen LogP) is 0.356. The maximum absolute atomic E-state index is 11.0. The molecule has 13 heavy (non-hydrogen) atoms. The summed E-state index contributed by atoms with van der Waals surface area (Å²) in [5.41, 5.74) is -0.699. The summed E-state index contributed by atoms with van der Waals surface area (Å²) in [6, 6.07) is 0. The first-order chi connectivity index (χ1) is 6.21. The summed E-state index contributed by atoms with van der Waals surface area (Å²) in [7, 11) is 0. The monoisotopic (exact) mass is 187 g/mol. The molecule has 1 saturated heterocycles. The molecule has 0 spiro atoms. The summed E-state index contributed by atoms with van der Waals surface area (Å²) in [5, 5.41) is 20.7. The maximum atomic E-state index is 11.0. The number of carboxylic acid groups (broad SMARTS) is 1. The number of unbranched alkanes of at least 4 members (excludes halogenated alkanes) is 1. The van der Waals surface area contributed by atoms with Crippen molar-refractivity contribution in [2.45, 2.75) is 37.6 Å². The Kier molecular flexibility index (Phi) is 3.69. The summed E-state index contributed by atoms with van der Waals surface area (Å²) in [6.45, 7) is 0.946. The van der Waals surface area contributed by atoms with Gasteiger partial charge in [-0.15, -0.1) is 0 Å². The molecule has 1 heterocycles. The summed E-state index contributed by atoms with van der Waals surface area (Å²) < 4.78 is 0. The fourth-order valence-corrected chi connectivity index (χ4v) is 1.85. The smallest absolute Gasteiger partial charge is 0.323 e. The van der Waals surface area contributed by atoms with Gasteiger partial charge in [-0.3, -0.25) is 4.79 Å². The highest BCUT2D eigenvalue weighted by Crippen LogP contribution is 2.25. The largest absolute Gasteiger partial charge is 0.480 e. The van der Waals surface area contributed by atoms with Crippen molar-refractivity contribution < 1.29 is 15.0 Å². The second-order valence-electron chi connectivity index (χ2n) is 3.60. The number of aliphatic carboxylic acids is 1. The Bertz CT molecular complexity index is 176. The Labute approximate surface area is 78.0 Å². The molecule has 0 aromatic rings. The normalized spacial score (nSPS) is 27.8. The number of nitrogens with one attached hydrogen (secondary N) is 1. The molecular formula is C9H17NO3. The Morgan fingerprint density at radius 3 is 2.69 bits per heavy atom. The standard InChI is InChI=1S/C9H17NO3/c11-7-2-1-4-9(8(12)13)5-3-6-10-9/h10-11H,1-7H2,(H,12,13). The number of hydrogen-bond donors (Lipinski definition) is 3. The molecule has 0 bridgehead atoms. The van der Waals surface area contributed by atoms with E-state index in [9.17, 15) is 4.79 Å². The minimum Gasteiger partial charge on any atom is -0.480 e. The molecule has 76 valence electrons. The fourth-order valence-electron chi connectivity index (χ4n) is 1.85. The molecule has 1 aliphatic rings. The van der Waals surface area contributed by atoms with Crippen LogP contribution < -0.4 is 5.32 Å². The first-order valence-corrected chi connectivity index (χ1v) is 4.80. The molecule has 0 radical (unpaired) electrons. The lowest BCUT2D eigenvalue weighted by molar-refractivity contribution is -0.144. The van der Waals surface area contributed by atoms with Gasteiger partial charge in [0, 0.05) is 6.61 Å². The topological polar surface area (TPSA) is 69.6 Å². The van der Waals surface area contributed by atoms with Crippen LogP contribution in [0, 0.1) is 0 Å². The van der Waals surface area contributed by atoms with E-state index in [-0.39, 0.29) is 6.61 Å². The van der Waals surface area contributed by atoms with Crippen molar-refractivity contribution in [3.63, 3.8) is 0 Å². The summed E-state index contributed by atoms with van der Waals surface area (Å²) >= 11 is 0.